The maximum atomic E-state index is 4.75. The van der Waals surface area contributed by atoms with Crippen LogP contribution >= 0.6 is 0 Å². The molecule has 1 aliphatic rings. The lowest BCUT2D eigenvalue weighted by Gasteiger charge is -2.14. The van der Waals surface area contributed by atoms with E-state index in [-0.39, 0.29) is 0 Å². The van der Waals surface area contributed by atoms with Gasteiger partial charge in [-0.2, -0.15) is 0 Å². The number of hydrogen-bond donors (Lipinski definition) is 2. The molecule has 158 valence electrons. The van der Waals surface area contributed by atoms with Crippen LogP contribution in [0.15, 0.2) is 59.9 Å². The van der Waals surface area contributed by atoms with Crippen LogP contribution in [0.25, 0.3) is 5.65 Å². The molecule has 6 heteroatoms. The van der Waals surface area contributed by atoms with E-state index in [0.717, 1.165) is 43.4 Å². The highest BCUT2D eigenvalue weighted by Gasteiger charge is 2.11. The highest BCUT2D eigenvalue weighted by atomic mass is 15.2. The average Bonchev–Trinajstić information content (AvgIpc) is 3.42. The molecule has 0 atom stereocenters. The van der Waals surface area contributed by atoms with Crippen LogP contribution in [0.3, 0.4) is 0 Å². The maximum Gasteiger partial charge on any atom is 0.191 e. The first-order valence-electron chi connectivity index (χ1n) is 11.0. The van der Waals surface area contributed by atoms with Gasteiger partial charge in [0.1, 0.15) is 5.65 Å². The minimum atomic E-state index is 0.674. The highest BCUT2D eigenvalue weighted by Crippen LogP contribution is 2.13. The van der Waals surface area contributed by atoms with Crippen LogP contribution in [0.5, 0.6) is 0 Å². The van der Waals surface area contributed by atoms with E-state index >= 15 is 0 Å². The Balaban J connectivity index is 1.28. The van der Waals surface area contributed by atoms with Crippen LogP contribution < -0.4 is 10.6 Å². The Bertz CT molecular complexity index is 920. The molecule has 2 aromatic heterocycles. The molecule has 6 nitrogen and oxygen atoms in total. The number of hydrogen-bond acceptors (Lipinski definition) is 3. The Morgan fingerprint density at radius 1 is 1.03 bits per heavy atom. The number of fused-ring (bicyclic) bond motifs is 1. The first-order chi connectivity index (χ1) is 14.8. The fourth-order valence-electron chi connectivity index (χ4n) is 3.88. The lowest BCUT2D eigenvalue weighted by molar-refractivity contribution is 0.331. The first-order valence-corrected chi connectivity index (χ1v) is 11.0. The van der Waals surface area contributed by atoms with Crippen molar-refractivity contribution in [3.05, 3.63) is 71.7 Å². The second-order valence-corrected chi connectivity index (χ2v) is 7.87. The van der Waals surface area contributed by atoms with Gasteiger partial charge in [-0.3, -0.25) is 4.90 Å². The summed E-state index contributed by atoms with van der Waals surface area (Å²) in [6.07, 6.45) is 7.65. The third-order valence-electron chi connectivity index (χ3n) is 5.48. The van der Waals surface area contributed by atoms with Gasteiger partial charge in [0.2, 0.25) is 0 Å². The number of nitrogens with zero attached hydrogens (tertiary/aromatic N) is 4. The summed E-state index contributed by atoms with van der Waals surface area (Å²) in [6.45, 7) is 7.94. The van der Waals surface area contributed by atoms with Gasteiger partial charge in [-0.05, 0) is 56.1 Å². The number of benzene rings is 1. The summed E-state index contributed by atoms with van der Waals surface area (Å²) in [5.74, 6) is 0.849. The van der Waals surface area contributed by atoms with Crippen molar-refractivity contribution in [2.75, 3.05) is 26.2 Å². The quantitative estimate of drug-likeness (QED) is 0.447. The third-order valence-corrected chi connectivity index (χ3v) is 5.48. The van der Waals surface area contributed by atoms with E-state index in [9.17, 15) is 0 Å². The van der Waals surface area contributed by atoms with Gasteiger partial charge in [-0.1, -0.05) is 30.3 Å². The number of rotatable bonds is 8. The van der Waals surface area contributed by atoms with E-state index < -0.39 is 0 Å². The third kappa shape index (κ3) is 5.60. The van der Waals surface area contributed by atoms with Crippen molar-refractivity contribution < 1.29 is 0 Å². The second kappa shape index (κ2) is 10.3. The Labute approximate surface area is 179 Å². The molecule has 2 N–H and O–H groups in total. The monoisotopic (exact) mass is 404 g/mol. The molecule has 3 heterocycles. The molecule has 1 aromatic carbocycles. The molecule has 0 radical (unpaired) electrons. The van der Waals surface area contributed by atoms with Crippen molar-refractivity contribution in [2.45, 2.75) is 39.3 Å². The molecule has 30 heavy (non-hydrogen) atoms. The zero-order valence-electron chi connectivity index (χ0n) is 17.8. The van der Waals surface area contributed by atoms with E-state index in [2.05, 4.69) is 62.3 Å². The minimum absolute atomic E-state index is 0.674. The minimum Gasteiger partial charge on any atom is -0.357 e. The Morgan fingerprint density at radius 3 is 2.60 bits per heavy atom. The molecule has 0 saturated carbocycles. The Hall–Kier alpha value is -2.86. The van der Waals surface area contributed by atoms with E-state index in [1.165, 1.54) is 37.1 Å². The van der Waals surface area contributed by atoms with Crippen molar-refractivity contribution in [3.63, 3.8) is 0 Å². The van der Waals surface area contributed by atoms with Crippen molar-refractivity contribution in [3.8, 4) is 0 Å². The molecule has 0 bridgehead atoms. The summed E-state index contributed by atoms with van der Waals surface area (Å²) in [5, 5.41) is 6.76. The van der Waals surface area contributed by atoms with Gasteiger partial charge in [-0.25, -0.2) is 9.98 Å². The van der Waals surface area contributed by atoms with Gasteiger partial charge < -0.3 is 15.0 Å². The molecule has 0 aliphatic carbocycles. The number of guanidine groups is 1. The molecular formula is C24H32N6. The van der Waals surface area contributed by atoms with Crippen molar-refractivity contribution in [1.82, 2.24) is 24.9 Å². The van der Waals surface area contributed by atoms with Gasteiger partial charge >= 0.3 is 0 Å². The summed E-state index contributed by atoms with van der Waals surface area (Å²) in [4.78, 5) is 11.9. The molecule has 0 amide bonds. The van der Waals surface area contributed by atoms with Crippen LogP contribution in [0.2, 0.25) is 0 Å². The summed E-state index contributed by atoms with van der Waals surface area (Å²) in [7, 11) is 0. The highest BCUT2D eigenvalue weighted by molar-refractivity contribution is 5.79. The lowest BCUT2D eigenvalue weighted by Crippen LogP contribution is -2.38. The van der Waals surface area contributed by atoms with E-state index in [1.807, 2.05) is 24.4 Å². The van der Waals surface area contributed by atoms with Crippen LogP contribution in [0.4, 0.5) is 0 Å². The largest absolute Gasteiger partial charge is 0.357 e. The number of imidazole rings is 1. The number of pyridine rings is 1. The summed E-state index contributed by atoms with van der Waals surface area (Å²) >= 11 is 0. The van der Waals surface area contributed by atoms with Crippen LogP contribution in [0, 0.1) is 0 Å². The molecule has 3 aromatic rings. The zero-order valence-corrected chi connectivity index (χ0v) is 17.8. The first kappa shape index (κ1) is 20.4. The number of likely N-dealkylation sites (tertiary alicyclic amines) is 1. The molecule has 1 fully saturated rings. The predicted octanol–water partition coefficient (Wildman–Crippen LogP) is 3.23. The van der Waals surface area contributed by atoms with Crippen LogP contribution in [-0.2, 0) is 19.5 Å². The summed E-state index contributed by atoms with van der Waals surface area (Å²) in [5.41, 5.74) is 4.69. The standard InChI is InChI=1S/C24H32N6/c1-2-25-24(26-13-12-22-19-30-16-4-3-7-23(30)28-22)27-17-20-8-10-21(11-9-20)18-29-14-5-6-15-29/h3-4,7-11,16,19H,2,5-6,12-15,17-18H2,1H3,(H2,25,26,27). The number of aromatic nitrogens is 2. The SMILES string of the molecule is CCNC(=NCc1ccc(CN2CCCC2)cc1)NCCc1cn2ccccc2n1. The predicted molar refractivity (Wildman–Crippen MR) is 123 cm³/mol. The summed E-state index contributed by atoms with van der Waals surface area (Å²) < 4.78 is 2.06. The van der Waals surface area contributed by atoms with Gasteiger partial charge in [-0.15, -0.1) is 0 Å². The van der Waals surface area contributed by atoms with Crippen molar-refractivity contribution in [1.29, 1.82) is 0 Å². The maximum absolute atomic E-state index is 4.75. The number of nitrogens with one attached hydrogen (secondary N) is 2. The van der Waals surface area contributed by atoms with E-state index in [4.69, 9.17) is 4.99 Å². The van der Waals surface area contributed by atoms with Crippen LogP contribution in [-0.4, -0.2) is 46.4 Å². The second-order valence-electron chi connectivity index (χ2n) is 7.87. The fraction of sp³-hybridized carbons (Fsp3) is 0.417. The summed E-state index contributed by atoms with van der Waals surface area (Å²) in [6, 6.07) is 15.0. The molecular weight excluding hydrogens is 372 g/mol. The molecule has 1 saturated heterocycles. The van der Waals surface area contributed by atoms with Crippen molar-refractivity contribution >= 4 is 11.6 Å². The Kier molecular flexibility index (Phi) is 6.98. The molecule has 0 unspecified atom stereocenters. The average molecular weight is 405 g/mol. The zero-order chi connectivity index (χ0) is 20.6. The van der Waals surface area contributed by atoms with Gasteiger partial charge in [0, 0.05) is 38.4 Å². The van der Waals surface area contributed by atoms with Gasteiger partial charge in [0.05, 0.1) is 12.2 Å². The van der Waals surface area contributed by atoms with Gasteiger partial charge in [0.15, 0.2) is 5.96 Å². The van der Waals surface area contributed by atoms with Gasteiger partial charge in [0.25, 0.3) is 0 Å². The molecule has 1 aliphatic heterocycles. The number of aliphatic imine (C=N–C) groups is 1. The van der Waals surface area contributed by atoms with E-state index in [0.29, 0.717) is 6.54 Å². The Morgan fingerprint density at radius 2 is 1.83 bits per heavy atom. The molecule has 0 spiro atoms. The lowest BCUT2D eigenvalue weighted by atomic mass is 10.1. The molecule has 4 rings (SSSR count). The topological polar surface area (TPSA) is 57.0 Å². The smallest absolute Gasteiger partial charge is 0.191 e. The normalized spacial score (nSPS) is 15.0. The van der Waals surface area contributed by atoms with Crippen LogP contribution in [0.1, 0.15) is 36.6 Å². The fourth-order valence-corrected chi connectivity index (χ4v) is 3.88. The van der Waals surface area contributed by atoms with Crippen molar-refractivity contribution in [2.24, 2.45) is 4.99 Å². The van der Waals surface area contributed by atoms with E-state index in [1.54, 1.807) is 0 Å².